The van der Waals surface area contributed by atoms with Crippen molar-refractivity contribution in [3.63, 3.8) is 0 Å². The van der Waals surface area contributed by atoms with Crippen molar-refractivity contribution in [1.29, 1.82) is 0 Å². The highest BCUT2D eigenvalue weighted by Gasteiger charge is 2.45. The SMILES string of the molecule is COc1ccc(Br)cc1NC(=O)NC1(C(=O)O)CCC1. The van der Waals surface area contributed by atoms with E-state index in [2.05, 4.69) is 26.6 Å². The molecule has 20 heavy (non-hydrogen) atoms. The van der Waals surface area contributed by atoms with Gasteiger partial charge in [-0.25, -0.2) is 9.59 Å². The van der Waals surface area contributed by atoms with Crippen LogP contribution >= 0.6 is 15.9 Å². The van der Waals surface area contributed by atoms with Gasteiger partial charge in [-0.1, -0.05) is 15.9 Å². The number of ether oxygens (including phenoxy) is 1. The quantitative estimate of drug-likeness (QED) is 0.784. The number of benzene rings is 1. The maximum atomic E-state index is 11.9. The maximum Gasteiger partial charge on any atom is 0.329 e. The number of aliphatic carboxylic acids is 1. The van der Waals surface area contributed by atoms with Gasteiger partial charge in [0.2, 0.25) is 0 Å². The van der Waals surface area contributed by atoms with Gasteiger partial charge in [-0.3, -0.25) is 0 Å². The number of nitrogens with one attached hydrogen (secondary N) is 2. The zero-order chi connectivity index (χ0) is 14.8. The molecule has 0 atom stereocenters. The van der Waals surface area contributed by atoms with Gasteiger partial charge in [0.05, 0.1) is 12.8 Å². The van der Waals surface area contributed by atoms with E-state index in [1.54, 1.807) is 18.2 Å². The van der Waals surface area contributed by atoms with E-state index >= 15 is 0 Å². The van der Waals surface area contributed by atoms with Gasteiger partial charge in [-0.15, -0.1) is 0 Å². The summed E-state index contributed by atoms with van der Waals surface area (Å²) in [6.07, 6.45) is 1.70. The largest absolute Gasteiger partial charge is 0.495 e. The predicted molar refractivity (Wildman–Crippen MR) is 77.1 cm³/mol. The minimum Gasteiger partial charge on any atom is -0.495 e. The van der Waals surface area contributed by atoms with Crippen LogP contribution in [0.5, 0.6) is 5.75 Å². The summed E-state index contributed by atoms with van der Waals surface area (Å²) >= 11 is 3.30. The fraction of sp³-hybridized carbons (Fsp3) is 0.385. The normalized spacial score (nSPS) is 15.9. The molecule has 2 amide bonds. The first kappa shape index (κ1) is 14.6. The summed E-state index contributed by atoms with van der Waals surface area (Å²) in [5.41, 5.74) is -0.664. The second kappa shape index (κ2) is 5.70. The molecule has 2 rings (SSSR count). The topological polar surface area (TPSA) is 87.7 Å². The monoisotopic (exact) mass is 342 g/mol. The highest BCUT2D eigenvalue weighted by molar-refractivity contribution is 9.10. The molecule has 1 aliphatic carbocycles. The molecule has 1 saturated carbocycles. The Morgan fingerprint density at radius 3 is 2.60 bits per heavy atom. The maximum absolute atomic E-state index is 11.9. The van der Waals surface area contributed by atoms with Gasteiger partial charge in [-0.05, 0) is 37.5 Å². The van der Waals surface area contributed by atoms with Gasteiger partial charge in [0.25, 0.3) is 0 Å². The molecule has 3 N–H and O–H groups in total. The minimum absolute atomic E-state index is 0.450. The fourth-order valence-corrected chi connectivity index (χ4v) is 2.43. The third-order valence-electron chi connectivity index (χ3n) is 3.38. The first-order chi connectivity index (χ1) is 9.47. The minimum atomic E-state index is -1.14. The van der Waals surface area contributed by atoms with Crippen molar-refractivity contribution >= 4 is 33.6 Å². The fourth-order valence-electron chi connectivity index (χ4n) is 2.07. The Bertz CT molecular complexity index is 543. The molecular formula is C13H15BrN2O4. The first-order valence-corrected chi connectivity index (χ1v) is 6.92. The standard InChI is InChI=1S/C13H15BrN2O4/c1-20-10-4-3-8(14)7-9(10)15-12(19)16-13(11(17)18)5-2-6-13/h3-4,7H,2,5-6H2,1H3,(H,17,18)(H2,15,16,19). The number of amides is 2. The summed E-state index contributed by atoms with van der Waals surface area (Å²) < 4.78 is 5.92. The number of carboxylic acid groups (broad SMARTS) is 1. The lowest BCUT2D eigenvalue weighted by Crippen LogP contribution is -2.60. The molecule has 0 spiro atoms. The molecule has 0 radical (unpaired) electrons. The first-order valence-electron chi connectivity index (χ1n) is 6.13. The third-order valence-corrected chi connectivity index (χ3v) is 3.87. The molecule has 0 bridgehead atoms. The van der Waals surface area contributed by atoms with Crippen LogP contribution in [0, 0.1) is 0 Å². The third kappa shape index (κ3) is 2.87. The van der Waals surface area contributed by atoms with Crippen LogP contribution in [-0.2, 0) is 4.79 Å². The number of hydrogen-bond acceptors (Lipinski definition) is 3. The number of rotatable bonds is 4. The van der Waals surface area contributed by atoms with E-state index in [0.29, 0.717) is 24.3 Å². The van der Waals surface area contributed by atoms with E-state index in [1.807, 2.05) is 0 Å². The Kier molecular flexibility index (Phi) is 4.17. The number of carboxylic acids is 1. The van der Waals surface area contributed by atoms with Crippen LogP contribution < -0.4 is 15.4 Å². The number of methoxy groups -OCH3 is 1. The average molecular weight is 343 g/mol. The molecule has 6 nitrogen and oxygen atoms in total. The molecule has 0 aromatic heterocycles. The van der Waals surface area contributed by atoms with Crippen LogP contribution in [0.1, 0.15) is 19.3 Å². The Morgan fingerprint density at radius 1 is 1.40 bits per heavy atom. The lowest BCUT2D eigenvalue weighted by molar-refractivity contribution is -0.148. The van der Waals surface area contributed by atoms with Gasteiger partial charge in [0, 0.05) is 4.47 Å². The van der Waals surface area contributed by atoms with Crippen molar-refractivity contribution in [3.05, 3.63) is 22.7 Å². The average Bonchev–Trinajstić information content (AvgIpc) is 2.33. The van der Waals surface area contributed by atoms with Crippen molar-refractivity contribution < 1.29 is 19.4 Å². The number of carbonyl (C=O) groups excluding carboxylic acids is 1. The molecule has 7 heteroatoms. The van der Waals surface area contributed by atoms with E-state index < -0.39 is 17.5 Å². The molecule has 108 valence electrons. The van der Waals surface area contributed by atoms with E-state index in [1.165, 1.54) is 7.11 Å². The Hall–Kier alpha value is -1.76. The summed E-state index contributed by atoms with van der Waals surface area (Å²) in [5.74, 6) is -0.499. The van der Waals surface area contributed by atoms with Crippen molar-refractivity contribution in [2.45, 2.75) is 24.8 Å². The summed E-state index contributed by atoms with van der Waals surface area (Å²) in [5, 5.41) is 14.3. The van der Waals surface area contributed by atoms with Crippen LogP contribution in [-0.4, -0.2) is 29.8 Å². The molecule has 1 fully saturated rings. The molecule has 1 aromatic rings. The van der Waals surface area contributed by atoms with Crippen LogP contribution in [0.2, 0.25) is 0 Å². The smallest absolute Gasteiger partial charge is 0.329 e. The van der Waals surface area contributed by atoms with Gasteiger partial charge < -0.3 is 20.5 Å². The summed E-state index contributed by atoms with van der Waals surface area (Å²) in [4.78, 5) is 23.1. The van der Waals surface area contributed by atoms with Gasteiger partial charge in [0.15, 0.2) is 0 Å². The van der Waals surface area contributed by atoms with E-state index in [-0.39, 0.29) is 0 Å². The van der Waals surface area contributed by atoms with Crippen LogP contribution in [0.4, 0.5) is 10.5 Å². The van der Waals surface area contributed by atoms with E-state index in [9.17, 15) is 9.59 Å². The Morgan fingerprint density at radius 2 is 2.10 bits per heavy atom. The Balaban J connectivity index is 2.08. The van der Waals surface area contributed by atoms with Crippen LogP contribution in [0.15, 0.2) is 22.7 Å². The van der Waals surface area contributed by atoms with Crippen molar-refractivity contribution in [1.82, 2.24) is 5.32 Å². The van der Waals surface area contributed by atoms with E-state index in [0.717, 1.165) is 10.9 Å². The van der Waals surface area contributed by atoms with Crippen LogP contribution in [0.3, 0.4) is 0 Å². The number of halogens is 1. The van der Waals surface area contributed by atoms with Gasteiger partial charge >= 0.3 is 12.0 Å². The highest BCUT2D eigenvalue weighted by Crippen LogP contribution is 2.33. The number of hydrogen-bond donors (Lipinski definition) is 3. The van der Waals surface area contributed by atoms with Gasteiger partial charge in [0.1, 0.15) is 11.3 Å². The summed E-state index contributed by atoms with van der Waals surface area (Å²) in [6, 6.07) is 4.62. The molecule has 0 saturated heterocycles. The molecule has 0 aliphatic heterocycles. The highest BCUT2D eigenvalue weighted by atomic mass is 79.9. The predicted octanol–water partition coefficient (Wildman–Crippen LogP) is 2.59. The molecule has 1 aromatic carbocycles. The van der Waals surface area contributed by atoms with Crippen molar-refractivity contribution in [3.8, 4) is 5.75 Å². The van der Waals surface area contributed by atoms with Crippen molar-refractivity contribution in [2.75, 3.05) is 12.4 Å². The zero-order valence-corrected chi connectivity index (χ0v) is 12.5. The lowest BCUT2D eigenvalue weighted by Gasteiger charge is -2.38. The van der Waals surface area contributed by atoms with Crippen LogP contribution in [0.25, 0.3) is 0 Å². The van der Waals surface area contributed by atoms with E-state index in [4.69, 9.17) is 9.84 Å². The number of anilines is 1. The van der Waals surface area contributed by atoms with Gasteiger partial charge in [-0.2, -0.15) is 0 Å². The summed E-state index contributed by atoms with van der Waals surface area (Å²) in [6.45, 7) is 0. The summed E-state index contributed by atoms with van der Waals surface area (Å²) in [7, 11) is 1.50. The second-order valence-electron chi connectivity index (χ2n) is 4.66. The molecule has 0 unspecified atom stereocenters. The Labute approximate surface area is 124 Å². The number of carbonyl (C=O) groups is 2. The zero-order valence-electron chi connectivity index (χ0n) is 10.9. The molecule has 1 aliphatic rings. The second-order valence-corrected chi connectivity index (χ2v) is 5.58. The molecular weight excluding hydrogens is 328 g/mol. The molecule has 0 heterocycles. The lowest BCUT2D eigenvalue weighted by atomic mass is 9.77. The number of urea groups is 1. The van der Waals surface area contributed by atoms with Crippen molar-refractivity contribution in [2.24, 2.45) is 0 Å².